The van der Waals surface area contributed by atoms with Crippen LogP contribution in [0, 0.1) is 0 Å². The lowest BCUT2D eigenvalue weighted by Crippen LogP contribution is -2.36. The Morgan fingerprint density at radius 2 is 1.86 bits per heavy atom. The Labute approximate surface area is 173 Å². The molecule has 1 aromatic heterocycles. The molecule has 1 N–H and O–H groups in total. The van der Waals surface area contributed by atoms with Gasteiger partial charge in [0.05, 0.1) is 18.2 Å². The van der Waals surface area contributed by atoms with Gasteiger partial charge in [0.15, 0.2) is 0 Å². The van der Waals surface area contributed by atoms with E-state index in [1.54, 1.807) is 24.1 Å². The predicted octanol–water partition coefficient (Wildman–Crippen LogP) is 4.58. The minimum atomic E-state index is -0.158. The van der Waals surface area contributed by atoms with Crippen LogP contribution >= 0.6 is 23.2 Å². The number of H-pyrrole nitrogens is 1. The molecule has 5 nitrogen and oxygen atoms in total. The molecule has 1 aliphatic rings. The summed E-state index contributed by atoms with van der Waals surface area (Å²) in [5, 5.41) is 1.74. The molecule has 2 heterocycles. The lowest BCUT2D eigenvalue weighted by molar-refractivity contribution is 0.0780. The molecule has 0 atom stereocenters. The lowest BCUT2D eigenvalue weighted by atomic mass is 10.1. The molecule has 0 unspecified atom stereocenters. The summed E-state index contributed by atoms with van der Waals surface area (Å²) < 4.78 is 5.40. The van der Waals surface area contributed by atoms with Gasteiger partial charge < -0.3 is 19.5 Å². The summed E-state index contributed by atoms with van der Waals surface area (Å²) in [5.41, 5.74) is 3.41. The second-order valence-electron chi connectivity index (χ2n) is 6.93. The van der Waals surface area contributed by atoms with Crippen LogP contribution in [0.15, 0.2) is 42.5 Å². The van der Waals surface area contributed by atoms with Crippen molar-refractivity contribution in [1.29, 1.82) is 0 Å². The Hall–Kier alpha value is -2.21. The van der Waals surface area contributed by atoms with Crippen molar-refractivity contribution in [3.05, 3.63) is 63.8 Å². The third-order valence-corrected chi connectivity index (χ3v) is 5.62. The van der Waals surface area contributed by atoms with E-state index in [-0.39, 0.29) is 5.91 Å². The fourth-order valence-corrected chi connectivity index (χ4v) is 3.91. The molecular weight excluding hydrogens is 397 g/mol. The Bertz CT molecular complexity index is 995. The first-order chi connectivity index (χ1) is 13.5. The summed E-state index contributed by atoms with van der Waals surface area (Å²) in [5.74, 6) is -0.158. The maximum atomic E-state index is 12.9. The van der Waals surface area contributed by atoms with Gasteiger partial charge in [0.2, 0.25) is 0 Å². The van der Waals surface area contributed by atoms with Gasteiger partial charge in [-0.3, -0.25) is 4.79 Å². The number of halogens is 2. The minimum Gasteiger partial charge on any atom is -0.378 e. The fourth-order valence-electron chi connectivity index (χ4n) is 3.45. The van der Waals surface area contributed by atoms with Gasteiger partial charge in [-0.2, -0.15) is 0 Å². The van der Waals surface area contributed by atoms with Crippen LogP contribution in [-0.2, 0) is 11.3 Å². The Kier molecular flexibility index (Phi) is 5.49. The van der Waals surface area contributed by atoms with Gasteiger partial charge in [0.1, 0.15) is 5.69 Å². The molecule has 0 spiro atoms. The largest absolute Gasteiger partial charge is 0.378 e. The molecular formula is C21H21Cl2N3O2. The number of hydrogen-bond acceptors (Lipinski definition) is 3. The van der Waals surface area contributed by atoms with Gasteiger partial charge in [-0.05, 0) is 35.9 Å². The van der Waals surface area contributed by atoms with E-state index < -0.39 is 0 Å². The number of carbonyl (C=O) groups excluding carboxylic acids is 1. The maximum absolute atomic E-state index is 12.9. The third-order valence-electron chi connectivity index (χ3n) is 4.99. The van der Waals surface area contributed by atoms with Crippen molar-refractivity contribution in [3.63, 3.8) is 0 Å². The normalized spacial score (nSPS) is 14.5. The van der Waals surface area contributed by atoms with Gasteiger partial charge in [0.25, 0.3) is 5.91 Å². The smallest absolute Gasteiger partial charge is 0.271 e. The summed E-state index contributed by atoms with van der Waals surface area (Å²) in [7, 11) is 1.77. The first-order valence-electron chi connectivity index (χ1n) is 9.17. The summed E-state index contributed by atoms with van der Waals surface area (Å²) in [4.78, 5) is 20.0. The number of aromatic amines is 1. The SMILES string of the molecule is CN(Cc1ccc(N2CCOCC2)cc1)C(=O)c1[nH]c2ccc(Cl)cc2c1Cl. The van der Waals surface area contributed by atoms with E-state index in [9.17, 15) is 4.79 Å². The van der Waals surface area contributed by atoms with Crippen molar-refractivity contribution in [1.82, 2.24) is 9.88 Å². The van der Waals surface area contributed by atoms with E-state index in [0.717, 1.165) is 42.8 Å². The van der Waals surface area contributed by atoms with E-state index in [1.165, 1.54) is 5.69 Å². The van der Waals surface area contributed by atoms with Gasteiger partial charge in [0, 0.05) is 48.3 Å². The molecule has 4 rings (SSSR count). The van der Waals surface area contributed by atoms with E-state index in [1.807, 2.05) is 6.07 Å². The van der Waals surface area contributed by atoms with Crippen molar-refractivity contribution < 1.29 is 9.53 Å². The van der Waals surface area contributed by atoms with Crippen LogP contribution in [0.25, 0.3) is 10.9 Å². The summed E-state index contributed by atoms with van der Waals surface area (Å²) >= 11 is 12.5. The van der Waals surface area contributed by atoms with Gasteiger partial charge in [-0.25, -0.2) is 0 Å². The first-order valence-corrected chi connectivity index (χ1v) is 9.92. The summed E-state index contributed by atoms with van der Waals surface area (Å²) in [6.45, 7) is 3.82. The van der Waals surface area contributed by atoms with Gasteiger partial charge in [-0.15, -0.1) is 0 Å². The van der Waals surface area contributed by atoms with Crippen LogP contribution < -0.4 is 4.90 Å². The number of benzene rings is 2. The van der Waals surface area contributed by atoms with Crippen molar-refractivity contribution in [2.45, 2.75) is 6.54 Å². The highest BCUT2D eigenvalue weighted by Crippen LogP contribution is 2.30. The zero-order chi connectivity index (χ0) is 19.7. The number of fused-ring (bicyclic) bond motifs is 1. The van der Waals surface area contributed by atoms with E-state index in [0.29, 0.717) is 22.3 Å². The molecule has 1 fully saturated rings. The first kappa shape index (κ1) is 19.1. The molecule has 0 saturated carbocycles. The highest BCUT2D eigenvalue weighted by atomic mass is 35.5. The summed E-state index contributed by atoms with van der Waals surface area (Å²) in [6, 6.07) is 13.7. The zero-order valence-electron chi connectivity index (χ0n) is 15.5. The Balaban J connectivity index is 1.48. The Morgan fingerprint density at radius 1 is 1.14 bits per heavy atom. The van der Waals surface area contributed by atoms with Crippen LogP contribution in [0.4, 0.5) is 5.69 Å². The standard InChI is InChI=1S/C21H21Cl2N3O2/c1-25(13-14-2-5-16(6-3-14)26-8-10-28-11-9-26)21(27)20-19(23)17-12-15(22)4-7-18(17)24-20/h2-7,12,24H,8-11,13H2,1H3. The van der Waals surface area contributed by atoms with Crippen molar-refractivity contribution >= 4 is 45.7 Å². The summed E-state index contributed by atoms with van der Waals surface area (Å²) in [6.07, 6.45) is 0. The third kappa shape index (κ3) is 3.83. The number of nitrogens with one attached hydrogen (secondary N) is 1. The molecule has 0 radical (unpaired) electrons. The molecule has 0 bridgehead atoms. The highest BCUT2D eigenvalue weighted by molar-refractivity contribution is 6.39. The lowest BCUT2D eigenvalue weighted by Gasteiger charge is -2.29. The average Bonchev–Trinajstić information content (AvgIpc) is 3.04. The molecule has 0 aliphatic carbocycles. The van der Waals surface area contributed by atoms with E-state index in [2.05, 4.69) is 34.1 Å². The van der Waals surface area contributed by atoms with Gasteiger partial charge in [-0.1, -0.05) is 35.3 Å². The average molecular weight is 418 g/mol. The highest BCUT2D eigenvalue weighted by Gasteiger charge is 2.20. The molecule has 1 aliphatic heterocycles. The van der Waals surface area contributed by atoms with Crippen LogP contribution in [0.2, 0.25) is 10.0 Å². The number of nitrogens with zero attached hydrogens (tertiary/aromatic N) is 2. The van der Waals surface area contributed by atoms with Crippen LogP contribution in [0.3, 0.4) is 0 Å². The minimum absolute atomic E-state index is 0.158. The number of morpholine rings is 1. The number of amides is 1. The quantitative estimate of drug-likeness (QED) is 0.675. The van der Waals surface area contributed by atoms with Gasteiger partial charge >= 0.3 is 0 Å². The van der Waals surface area contributed by atoms with Crippen molar-refractivity contribution in [2.24, 2.45) is 0 Å². The van der Waals surface area contributed by atoms with Crippen molar-refractivity contribution in [2.75, 3.05) is 38.3 Å². The maximum Gasteiger partial charge on any atom is 0.271 e. The predicted molar refractivity (Wildman–Crippen MR) is 114 cm³/mol. The second kappa shape index (κ2) is 8.03. The fraction of sp³-hybridized carbons (Fsp3) is 0.286. The number of aromatic nitrogens is 1. The van der Waals surface area contributed by atoms with Crippen LogP contribution in [0.5, 0.6) is 0 Å². The molecule has 3 aromatic rings. The number of hydrogen-bond donors (Lipinski definition) is 1. The van der Waals surface area contributed by atoms with Crippen molar-refractivity contribution in [3.8, 4) is 0 Å². The molecule has 146 valence electrons. The zero-order valence-corrected chi connectivity index (χ0v) is 17.1. The van der Waals surface area contributed by atoms with E-state index in [4.69, 9.17) is 27.9 Å². The number of ether oxygens (including phenoxy) is 1. The van der Waals surface area contributed by atoms with Crippen LogP contribution in [0.1, 0.15) is 16.1 Å². The molecule has 7 heteroatoms. The molecule has 1 amide bonds. The topological polar surface area (TPSA) is 48.6 Å². The number of carbonyl (C=O) groups is 1. The molecule has 2 aromatic carbocycles. The Morgan fingerprint density at radius 3 is 2.57 bits per heavy atom. The van der Waals surface area contributed by atoms with Crippen LogP contribution in [-0.4, -0.2) is 49.1 Å². The molecule has 28 heavy (non-hydrogen) atoms. The second-order valence-corrected chi connectivity index (χ2v) is 7.75. The number of anilines is 1. The molecule has 1 saturated heterocycles. The monoisotopic (exact) mass is 417 g/mol. The number of rotatable bonds is 4. The van der Waals surface area contributed by atoms with E-state index >= 15 is 0 Å².